The van der Waals surface area contributed by atoms with Crippen LogP contribution in [0.3, 0.4) is 0 Å². The molecule has 1 aromatic carbocycles. The molecule has 0 unspecified atom stereocenters. The normalized spacial score (nSPS) is 20.0. The summed E-state index contributed by atoms with van der Waals surface area (Å²) in [5.74, 6) is 2.12. The number of likely N-dealkylation sites (tertiary alicyclic amines) is 1. The first-order chi connectivity index (χ1) is 15.7. The first-order valence-electron chi connectivity index (χ1n) is 11.4. The van der Waals surface area contributed by atoms with Gasteiger partial charge in [-0.1, -0.05) is 0 Å². The summed E-state index contributed by atoms with van der Waals surface area (Å²) in [7, 11) is 0. The van der Waals surface area contributed by atoms with Gasteiger partial charge in [0.1, 0.15) is 17.2 Å². The molecule has 2 fully saturated rings. The molecule has 4 heterocycles. The molecule has 2 aliphatic rings. The van der Waals surface area contributed by atoms with Crippen LogP contribution in [0.15, 0.2) is 36.5 Å². The first-order valence-corrected chi connectivity index (χ1v) is 11.4. The van der Waals surface area contributed by atoms with Gasteiger partial charge < -0.3 is 25.0 Å². The Balaban J connectivity index is 1.40. The van der Waals surface area contributed by atoms with Crippen LogP contribution in [-0.2, 0) is 4.74 Å². The van der Waals surface area contributed by atoms with Crippen molar-refractivity contribution in [2.75, 3.05) is 30.3 Å². The molecule has 9 heteroatoms. The van der Waals surface area contributed by atoms with E-state index in [2.05, 4.69) is 15.0 Å². The van der Waals surface area contributed by atoms with Crippen molar-refractivity contribution < 1.29 is 14.3 Å². The van der Waals surface area contributed by atoms with Crippen molar-refractivity contribution in [1.82, 2.24) is 19.7 Å². The number of nitrogens with zero attached hydrogens (tertiary/aromatic N) is 5. The van der Waals surface area contributed by atoms with E-state index in [1.165, 1.54) is 0 Å². The lowest BCUT2D eigenvalue weighted by Gasteiger charge is -2.35. The van der Waals surface area contributed by atoms with Crippen molar-refractivity contribution in [1.29, 1.82) is 0 Å². The number of benzene rings is 1. The average Bonchev–Trinajstić information content (AvgIpc) is 3.46. The van der Waals surface area contributed by atoms with Gasteiger partial charge in [0.2, 0.25) is 0 Å². The number of hydrogen-bond donors (Lipinski definition) is 1. The molecule has 2 saturated heterocycles. The second-order valence-electron chi connectivity index (χ2n) is 9.61. The molecule has 0 spiro atoms. The highest BCUT2D eigenvalue weighted by Gasteiger charge is 2.47. The summed E-state index contributed by atoms with van der Waals surface area (Å²) in [6.07, 6.45) is 2.47. The summed E-state index contributed by atoms with van der Waals surface area (Å²) in [6, 6.07) is 10.1. The number of pyridine rings is 1. The topological polar surface area (TPSA) is 98.7 Å². The van der Waals surface area contributed by atoms with E-state index in [0.717, 1.165) is 41.1 Å². The van der Waals surface area contributed by atoms with E-state index in [-0.39, 0.29) is 18.2 Å². The van der Waals surface area contributed by atoms with Crippen molar-refractivity contribution in [3.05, 3.63) is 36.5 Å². The summed E-state index contributed by atoms with van der Waals surface area (Å²) in [5, 5.41) is 5.45. The van der Waals surface area contributed by atoms with E-state index >= 15 is 0 Å². The standard InChI is InChI=1S/C24H30N6O3/c1-5-32-18-6-7-19-20(12-18)30(27-22(19)25)15-8-9-26-21(11-15)28-13-17-10-16(28)14-29(17)23(31)33-24(2,3)4/h6-9,11-12,16-17H,5,10,13-14H2,1-4H3,(H2,25,27)/t16-,17-/m0/s1. The van der Waals surface area contributed by atoms with Gasteiger partial charge in [0.15, 0.2) is 5.82 Å². The van der Waals surface area contributed by atoms with Crippen LogP contribution in [-0.4, -0.2) is 63.1 Å². The molecule has 2 bridgehead atoms. The zero-order valence-corrected chi connectivity index (χ0v) is 19.5. The third kappa shape index (κ3) is 3.92. The predicted octanol–water partition coefficient (Wildman–Crippen LogP) is 3.60. The number of aromatic nitrogens is 3. The van der Waals surface area contributed by atoms with E-state index in [1.54, 1.807) is 6.20 Å². The Bertz CT molecular complexity index is 1200. The fourth-order valence-electron chi connectivity index (χ4n) is 4.76. The molecule has 5 rings (SSSR count). The Morgan fingerprint density at radius 2 is 2.00 bits per heavy atom. The summed E-state index contributed by atoms with van der Waals surface area (Å²) in [6.45, 7) is 9.60. The highest BCUT2D eigenvalue weighted by atomic mass is 16.6. The van der Waals surface area contributed by atoms with Crippen molar-refractivity contribution >= 4 is 28.6 Å². The van der Waals surface area contributed by atoms with Gasteiger partial charge in [-0.25, -0.2) is 14.5 Å². The van der Waals surface area contributed by atoms with Crippen LogP contribution >= 0.6 is 0 Å². The Morgan fingerprint density at radius 1 is 1.18 bits per heavy atom. The number of nitrogen functional groups attached to an aromatic ring is 1. The molecular formula is C24H30N6O3. The molecular weight excluding hydrogens is 420 g/mol. The van der Waals surface area contributed by atoms with Crippen LogP contribution < -0.4 is 15.4 Å². The average molecular weight is 451 g/mol. The molecule has 2 aromatic heterocycles. The molecule has 1 amide bonds. The SMILES string of the molecule is CCOc1ccc2c(N)nn(-c3ccnc(N4C[C@@H]5C[C@H]4CN5C(=O)OC(C)(C)C)c3)c2c1. The quantitative estimate of drug-likeness (QED) is 0.648. The second-order valence-corrected chi connectivity index (χ2v) is 9.61. The maximum atomic E-state index is 12.6. The van der Waals surface area contributed by atoms with Crippen LogP contribution in [0, 0.1) is 0 Å². The minimum Gasteiger partial charge on any atom is -0.494 e. The number of piperazine rings is 1. The monoisotopic (exact) mass is 450 g/mol. The molecule has 0 radical (unpaired) electrons. The fourth-order valence-corrected chi connectivity index (χ4v) is 4.76. The van der Waals surface area contributed by atoms with Crippen LogP contribution in [0.5, 0.6) is 5.75 Å². The number of fused-ring (bicyclic) bond motifs is 3. The van der Waals surface area contributed by atoms with Gasteiger partial charge in [0.05, 0.1) is 29.9 Å². The lowest BCUT2D eigenvalue weighted by Crippen LogP contribution is -2.50. The maximum Gasteiger partial charge on any atom is 0.410 e. The highest BCUT2D eigenvalue weighted by molar-refractivity contribution is 5.91. The number of carbonyl (C=O) groups excluding carboxylic acids is 1. The Kier molecular flexibility index (Phi) is 5.07. The Labute approximate surface area is 193 Å². The number of hydrogen-bond acceptors (Lipinski definition) is 7. The summed E-state index contributed by atoms with van der Waals surface area (Å²) >= 11 is 0. The summed E-state index contributed by atoms with van der Waals surface area (Å²) in [4.78, 5) is 21.3. The lowest BCUT2D eigenvalue weighted by atomic mass is 10.2. The van der Waals surface area contributed by atoms with Crippen molar-refractivity contribution in [3.8, 4) is 11.4 Å². The van der Waals surface area contributed by atoms with Crippen LogP contribution in [0.25, 0.3) is 16.6 Å². The van der Waals surface area contributed by atoms with Crippen molar-refractivity contribution in [2.45, 2.75) is 51.8 Å². The fraction of sp³-hybridized carbons (Fsp3) is 0.458. The third-order valence-electron chi connectivity index (χ3n) is 6.13. The smallest absolute Gasteiger partial charge is 0.410 e. The van der Waals surface area contributed by atoms with Gasteiger partial charge in [0.25, 0.3) is 0 Å². The zero-order chi connectivity index (χ0) is 23.3. The minimum absolute atomic E-state index is 0.130. The summed E-state index contributed by atoms with van der Waals surface area (Å²) < 4.78 is 13.1. The number of rotatable bonds is 4. The number of carbonyl (C=O) groups is 1. The number of ether oxygens (including phenoxy) is 2. The van der Waals surface area contributed by atoms with Gasteiger partial charge >= 0.3 is 6.09 Å². The molecule has 3 aromatic rings. The van der Waals surface area contributed by atoms with E-state index in [1.807, 2.05) is 67.6 Å². The molecule has 2 N–H and O–H groups in total. The molecule has 174 valence electrons. The van der Waals surface area contributed by atoms with Crippen LogP contribution in [0.1, 0.15) is 34.1 Å². The van der Waals surface area contributed by atoms with Gasteiger partial charge in [0, 0.05) is 36.8 Å². The van der Waals surface area contributed by atoms with Crippen molar-refractivity contribution in [2.24, 2.45) is 0 Å². The highest BCUT2D eigenvalue weighted by Crippen LogP contribution is 2.35. The predicted molar refractivity (Wildman–Crippen MR) is 127 cm³/mol. The minimum atomic E-state index is -0.495. The van der Waals surface area contributed by atoms with E-state index in [4.69, 9.17) is 15.2 Å². The van der Waals surface area contributed by atoms with E-state index < -0.39 is 5.60 Å². The Hall–Kier alpha value is -3.49. The lowest BCUT2D eigenvalue weighted by molar-refractivity contribution is 0.0214. The molecule has 0 aliphatic carbocycles. The van der Waals surface area contributed by atoms with Gasteiger partial charge in [-0.05, 0) is 52.3 Å². The second kappa shape index (κ2) is 7.83. The number of anilines is 2. The molecule has 2 aliphatic heterocycles. The molecule has 33 heavy (non-hydrogen) atoms. The molecule has 9 nitrogen and oxygen atoms in total. The first kappa shape index (κ1) is 21.4. The van der Waals surface area contributed by atoms with E-state index in [9.17, 15) is 4.79 Å². The molecule has 0 saturated carbocycles. The third-order valence-corrected chi connectivity index (χ3v) is 6.13. The Morgan fingerprint density at radius 3 is 2.70 bits per heavy atom. The van der Waals surface area contributed by atoms with Gasteiger partial charge in [-0.15, -0.1) is 5.10 Å². The van der Waals surface area contributed by atoms with Gasteiger partial charge in [-0.2, -0.15) is 0 Å². The van der Waals surface area contributed by atoms with Crippen LogP contribution in [0.4, 0.5) is 16.4 Å². The number of amides is 1. The summed E-state index contributed by atoms with van der Waals surface area (Å²) in [5.41, 5.74) is 7.45. The number of nitrogens with two attached hydrogens (primary N) is 1. The van der Waals surface area contributed by atoms with Gasteiger partial charge in [-0.3, -0.25) is 0 Å². The van der Waals surface area contributed by atoms with Crippen LogP contribution in [0.2, 0.25) is 0 Å². The molecule has 2 atom stereocenters. The largest absolute Gasteiger partial charge is 0.494 e. The maximum absolute atomic E-state index is 12.6. The van der Waals surface area contributed by atoms with Crippen molar-refractivity contribution in [3.63, 3.8) is 0 Å². The van der Waals surface area contributed by atoms with E-state index in [0.29, 0.717) is 19.0 Å². The zero-order valence-electron chi connectivity index (χ0n) is 19.5.